The normalized spacial score (nSPS) is 28.8. The second-order valence-corrected chi connectivity index (χ2v) is 3.12. The molecule has 1 aliphatic rings. The summed E-state index contributed by atoms with van der Waals surface area (Å²) in [4.78, 5) is 14.2. The van der Waals surface area contributed by atoms with E-state index in [0.717, 1.165) is 0 Å². The van der Waals surface area contributed by atoms with E-state index in [1.807, 2.05) is 0 Å². The summed E-state index contributed by atoms with van der Waals surface area (Å²) in [5.74, 6) is -1.11. The van der Waals surface area contributed by atoms with Gasteiger partial charge in [-0.2, -0.15) is 0 Å². The maximum Gasteiger partial charge on any atom is 0.320 e. The number of hydrogen-bond acceptors (Lipinski definition) is 4. The fourth-order valence-corrected chi connectivity index (χ4v) is 1.16. The molecule has 13 heavy (non-hydrogen) atoms. The molecule has 0 saturated carbocycles. The van der Waals surface area contributed by atoms with Crippen LogP contribution in [0.15, 0.2) is 17.3 Å². The molecule has 0 fully saturated rings. The van der Waals surface area contributed by atoms with Gasteiger partial charge in [-0.25, -0.2) is 0 Å². The molecule has 1 rings (SSSR count). The third-order valence-corrected chi connectivity index (χ3v) is 1.87. The summed E-state index contributed by atoms with van der Waals surface area (Å²) in [6.45, 7) is 0. The van der Waals surface area contributed by atoms with Crippen LogP contribution in [0.3, 0.4) is 0 Å². The molecule has 0 amide bonds. The van der Waals surface area contributed by atoms with Crippen LogP contribution in [0.2, 0.25) is 0 Å². The average Bonchev–Trinajstić information content (AvgIpc) is 2.04. The Bertz CT molecular complexity index is 262. The number of aliphatic imine (C=N–C) groups is 1. The molecule has 2 unspecified atom stereocenters. The van der Waals surface area contributed by atoms with Gasteiger partial charge in [0.2, 0.25) is 0 Å². The van der Waals surface area contributed by atoms with E-state index in [2.05, 4.69) is 4.99 Å². The Morgan fingerprint density at radius 3 is 2.92 bits per heavy atom. The lowest BCUT2D eigenvalue weighted by atomic mass is 9.92. The number of nitrogens with zero attached hydrogens (tertiary/aromatic N) is 1. The Morgan fingerprint density at radius 2 is 2.46 bits per heavy atom. The van der Waals surface area contributed by atoms with Crippen LogP contribution in [0.1, 0.15) is 12.8 Å². The molecule has 4 N–H and O–H groups in total. The van der Waals surface area contributed by atoms with Crippen molar-refractivity contribution in [1.82, 2.24) is 0 Å². The topological polar surface area (TPSA) is 95.9 Å². The van der Waals surface area contributed by atoms with Crippen molar-refractivity contribution in [3.05, 3.63) is 12.3 Å². The predicted molar refractivity (Wildman–Crippen MR) is 47.4 cm³/mol. The van der Waals surface area contributed by atoms with Crippen molar-refractivity contribution in [3.8, 4) is 0 Å². The molecular formula is C8H12N2O3. The number of nitrogens with two attached hydrogens (primary N) is 1. The first-order chi connectivity index (χ1) is 6.03. The van der Waals surface area contributed by atoms with Crippen molar-refractivity contribution >= 4 is 12.2 Å². The number of aliphatic hydroxyl groups is 1. The van der Waals surface area contributed by atoms with Crippen molar-refractivity contribution in [1.29, 1.82) is 0 Å². The van der Waals surface area contributed by atoms with E-state index in [1.54, 1.807) is 12.3 Å². The minimum absolute atomic E-state index is 0.0177. The molecule has 0 spiro atoms. The minimum atomic E-state index is -1.20. The zero-order chi connectivity index (χ0) is 9.90. The van der Waals surface area contributed by atoms with Crippen molar-refractivity contribution in [2.24, 2.45) is 10.7 Å². The van der Waals surface area contributed by atoms with Gasteiger partial charge in [-0.15, -0.1) is 0 Å². The Labute approximate surface area is 75.6 Å². The number of carboxylic acids is 1. The van der Waals surface area contributed by atoms with Crippen LogP contribution in [0.5, 0.6) is 0 Å². The van der Waals surface area contributed by atoms with Gasteiger partial charge in [0, 0.05) is 25.3 Å². The van der Waals surface area contributed by atoms with Crippen molar-refractivity contribution in [2.45, 2.75) is 24.5 Å². The zero-order valence-corrected chi connectivity index (χ0v) is 7.05. The lowest BCUT2D eigenvalue weighted by molar-refractivity contribution is -0.139. The lowest BCUT2D eigenvalue weighted by Crippen LogP contribution is -2.42. The maximum absolute atomic E-state index is 10.4. The number of aliphatic carboxylic acids is 1. The summed E-state index contributed by atoms with van der Waals surface area (Å²) in [5.41, 5.74) is 4.09. The van der Waals surface area contributed by atoms with E-state index in [1.165, 1.54) is 6.21 Å². The van der Waals surface area contributed by atoms with Gasteiger partial charge in [0.15, 0.2) is 0 Å². The summed E-state index contributed by atoms with van der Waals surface area (Å²) in [7, 11) is 0. The molecule has 1 heterocycles. The van der Waals surface area contributed by atoms with Gasteiger partial charge in [-0.05, 0) is 0 Å². The monoisotopic (exact) mass is 184 g/mol. The standard InChI is InChI=1S/C8H12N2O3/c9-6(7(11)12)4-8(13)2-1-3-10-5-8/h1,3,5-6,13H,2,4,9H2,(H,11,12). The Hall–Kier alpha value is -1.20. The summed E-state index contributed by atoms with van der Waals surface area (Å²) < 4.78 is 0. The van der Waals surface area contributed by atoms with E-state index in [0.29, 0.717) is 6.42 Å². The summed E-state index contributed by atoms with van der Waals surface area (Å²) in [5, 5.41) is 18.3. The average molecular weight is 184 g/mol. The highest BCUT2D eigenvalue weighted by molar-refractivity contribution is 5.76. The van der Waals surface area contributed by atoms with Crippen LogP contribution in [-0.4, -0.2) is 34.0 Å². The zero-order valence-electron chi connectivity index (χ0n) is 7.05. The fourth-order valence-electron chi connectivity index (χ4n) is 1.16. The van der Waals surface area contributed by atoms with Crippen LogP contribution in [0.4, 0.5) is 0 Å². The molecule has 0 aromatic carbocycles. The van der Waals surface area contributed by atoms with Crippen molar-refractivity contribution in [3.63, 3.8) is 0 Å². The SMILES string of the molecule is NC(CC1(O)C=NC=CC1)C(=O)O. The first kappa shape index (κ1) is 9.88. The molecule has 0 aromatic rings. The molecule has 0 aliphatic carbocycles. The second kappa shape index (κ2) is 3.68. The molecule has 2 atom stereocenters. The van der Waals surface area contributed by atoms with Gasteiger partial charge in [-0.1, -0.05) is 6.08 Å². The van der Waals surface area contributed by atoms with E-state index < -0.39 is 17.6 Å². The molecule has 5 heteroatoms. The fraction of sp³-hybridized carbons (Fsp3) is 0.500. The predicted octanol–water partition coefficient (Wildman–Crippen LogP) is -0.492. The van der Waals surface area contributed by atoms with Gasteiger partial charge in [0.05, 0.1) is 0 Å². The Balaban J connectivity index is 2.57. The minimum Gasteiger partial charge on any atom is -0.480 e. The molecule has 0 saturated heterocycles. The van der Waals surface area contributed by atoms with Crippen molar-refractivity contribution < 1.29 is 15.0 Å². The molecule has 72 valence electrons. The smallest absolute Gasteiger partial charge is 0.320 e. The van der Waals surface area contributed by atoms with Crippen LogP contribution < -0.4 is 5.73 Å². The number of rotatable bonds is 3. The van der Waals surface area contributed by atoms with Crippen molar-refractivity contribution in [2.75, 3.05) is 0 Å². The van der Waals surface area contributed by atoms with Gasteiger partial charge in [-0.3, -0.25) is 9.79 Å². The van der Waals surface area contributed by atoms with Crippen LogP contribution >= 0.6 is 0 Å². The number of hydrogen-bond donors (Lipinski definition) is 3. The van der Waals surface area contributed by atoms with Crippen LogP contribution in [0, 0.1) is 0 Å². The maximum atomic E-state index is 10.4. The first-order valence-electron chi connectivity index (χ1n) is 3.94. The Morgan fingerprint density at radius 1 is 1.77 bits per heavy atom. The number of carbonyl (C=O) groups is 1. The molecule has 0 aromatic heterocycles. The highest BCUT2D eigenvalue weighted by Crippen LogP contribution is 2.18. The van der Waals surface area contributed by atoms with Gasteiger partial charge < -0.3 is 15.9 Å². The molecule has 0 bridgehead atoms. The molecule has 5 nitrogen and oxygen atoms in total. The molecular weight excluding hydrogens is 172 g/mol. The molecule has 0 radical (unpaired) electrons. The highest BCUT2D eigenvalue weighted by Gasteiger charge is 2.30. The lowest BCUT2D eigenvalue weighted by Gasteiger charge is -2.25. The molecule has 1 aliphatic heterocycles. The van der Waals surface area contributed by atoms with E-state index in [-0.39, 0.29) is 6.42 Å². The first-order valence-corrected chi connectivity index (χ1v) is 3.94. The second-order valence-electron chi connectivity index (χ2n) is 3.12. The van der Waals surface area contributed by atoms with E-state index >= 15 is 0 Å². The summed E-state index contributed by atoms with van der Waals surface area (Å²) in [6, 6.07) is -1.05. The van der Waals surface area contributed by atoms with Crippen LogP contribution in [0.25, 0.3) is 0 Å². The quantitative estimate of drug-likeness (QED) is 0.551. The van der Waals surface area contributed by atoms with Gasteiger partial charge in [0.25, 0.3) is 0 Å². The largest absolute Gasteiger partial charge is 0.480 e. The summed E-state index contributed by atoms with van der Waals surface area (Å²) in [6.07, 6.45) is 4.90. The van der Waals surface area contributed by atoms with Gasteiger partial charge >= 0.3 is 5.97 Å². The number of carboxylic acid groups (broad SMARTS) is 1. The van der Waals surface area contributed by atoms with Gasteiger partial charge in [0.1, 0.15) is 11.6 Å². The third kappa shape index (κ3) is 2.64. The van der Waals surface area contributed by atoms with E-state index in [9.17, 15) is 9.90 Å². The third-order valence-electron chi connectivity index (χ3n) is 1.87. The summed E-state index contributed by atoms with van der Waals surface area (Å²) >= 11 is 0. The Kier molecular flexibility index (Phi) is 2.79. The van der Waals surface area contributed by atoms with Crippen LogP contribution in [-0.2, 0) is 4.79 Å². The highest BCUT2D eigenvalue weighted by atomic mass is 16.4. The van der Waals surface area contributed by atoms with E-state index in [4.69, 9.17) is 10.8 Å².